The summed E-state index contributed by atoms with van der Waals surface area (Å²) in [5.41, 5.74) is 4.82. The minimum absolute atomic E-state index is 0.347. The average molecular weight is 406 g/mol. The van der Waals surface area contributed by atoms with Crippen LogP contribution in [-0.2, 0) is 12.8 Å². The normalized spacial score (nSPS) is 21.7. The monoisotopic (exact) mass is 405 g/mol. The summed E-state index contributed by atoms with van der Waals surface area (Å²) in [5.74, 6) is 2.18. The fraction of sp³-hybridized carbons (Fsp3) is 0.292. The number of hydrogen-bond donors (Lipinski definition) is 2. The highest BCUT2D eigenvalue weighted by molar-refractivity contribution is 6.31. The molecule has 5 heteroatoms. The molecule has 29 heavy (non-hydrogen) atoms. The topological polar surface area (TPSA) is 49.9 Å². The lowest BCUT2D eigenvalue weighted by molar-refractivity contribution is 0.387. The average Bonchev–Trinajstić information content (AvgIpc) is 3.35. The third-order valence-electron chi connectivity index (χ3n) is 6.00. The number of fused-ring (bicyclic) bond motifs is 2. The molecule has 1 aromatic heterocycles. The van der Waals surface area contributed by atoms with E-state index in [2.05, 4.69) is 58.6 Å². The van der Waals surface area contributed by atoms with Crippen LogP contribution in [0.15, 0.2) is 71.7 Å². The van der Waals surface area contributed by atoms with E-state index >= 15 is 0 Å². The number of imidazole rings is 1. The molecule has 2 aromatic carbocycles. The molecule has 3 aromatic rings. The van der Waals surface area contributed by atoms with Gasteiger partial charge in [0.1, 0.15) is 11.5 Å². The molecule has 0 saturated heterocycles. The number of benzene rings is 2. The van der Waals surface area contributed by atoms with Crippen molar-refractivity contribution in [2.45, 2.75) is 25.8 Å². The molecule has 0 fully saturated rings. The van der Waals surface area contributed by atoms with Crippen molar-refractivity contribution >= 4 is 22.6 Å². The van der Waals surface area contributed by atoms with Gasteiger partial charge >= 0.3 is 0 Å². The number of nitrogens with one attached hydrogen (secondary N) is 2. The van der Waals surface area contributed by atoms with Gasteiger partial charge in [0.05, 0.1) is 22.4 Å². The fourth-order valence-corrected chi connectivity index (χ4v) is 4.57. The summed E-state index contributed by atoms with van der Waals surface area (Å²) in [7, 11) is 0. The Hall–Kier alpha value is -2.56. The third-order valence-corrected chi connectivity index (χ3v) is 6.31. The maximum atomic E-state index is 6.58. The Morgan fingerprint density at radius 1 is 1.14 bits per heavy atom. The highest BCUT2D eigenvalue weighted by Crippen LogP contribution is 2.32. The zero-order chi connectivity index (χ0) is 19.8. The molecule has 2 aliphatic rings. The molecule has 0 bridgehead atoms. The predicted octanol–water partition coefficient (Wildman–Crippen LogP) is 4.97. The number of rotatable bonds is 5. The Kier molecular flexibility index (Phi) is 4.90. The van der Waals surface area contributed by atoms with E-state index in [9.17, 15) is 0 Å². The van der Waals surface area contributed by atoms with Gasteiger partial charge in [-0.05, 0) is 54.0 Å². The standard InChI is InChI=1S/C24H24ClN3O/c1-15-8-24(29-20-6-7-22-23(12-20)28-14-27-22)21(25)11-18(15)13-26-19-9-16-4-2-3-5-17(16)10-19/h2-8,11-12,14-15,18-19,26H,9-10,13H2,1H3,(H,27,28)/t15-,18?/m1/s1. The fourth-order valence-electron chi connectivity index (χ4n) is 4.30. The number of H-pyrrole nitrogens is 1. The van der Waals surface area contributed by atoms with Gasteiger partial charge in [-0.3, -0.25) is 0 Å². The first-order chi connectivity index (χ1) is 14.2. The van der Waals surface area contributed by atoms with Gasteiger partial charge in [-0.2, -0.15) is 0 Å². The summed E-state index contributed by atoms with van der Waals surface area (Å²) < 4.78 is 6.08. The van der Waals surface area contributed by atoms with Crippen molar-refractivity contribution in [1.29, 1.82) is 0 Å². The quantitative estimate of drug-likeness (QED) is 0.630. The molecule has 1 unspecified atom stereocenters. The second kappa shape index (κ2) is 7.69. The van der Waals surface area contributed by atoms with Gasteiger partial charge in [0.2, 0.25) is 0 Å². The van der Waals surface area contributed by atoms with Gasteiger partial charge in [0.25, 0.3) is 0 Å². The van der Waals surface area contributed by atoms with E-state index in [1.807, 2.05) is 18.2 Å². The van der Waals surface area contributed by atoms with Gasteiger partial charge in [-0.1, -0.05) is 48.9 Å². The minimum Gasteiger partial charge on any atom is -0.456 e. The molecule has 0 radical (unpaired) electrons. The molecular weight excluding hydrogens is 382 g/mol. The van der Waals surface area contributed by atoms with Crippen molar-refractivity contribution in [1.82, 2.24) is 15.3 Å². The second-order valence-corrected chi connectivity index (χ2v) is 8.44. The summed E-state index contributed by atoms with van der Waals surface area (Å²) in [5, 5.41) is 4.42. The molecule has 0 amide bonds. The highest BCUT2D eigenvalue weighted by Gasteiger charge is 2.25. The van der Waals surface area contributed by atoms with Crippen molar-refractivity contribution < 1.29 is 4.74 Å². The molecule has 2 aliphatic carbocycles. The second-order valence-electron chi connectivity index (χ2n) is 8.03. The number of aromatic amines is 1. The number of halogens is 1. The molecule has 2 atom stereocenters. The summed E-state index contributed by atoms with van der Waals surface area (Å²) in [6.45, 7) is 3.14. The molecule has 148 valence electrons. The molecule has 0 saturated carbocycles. The van der Waals surface area contributed by atoms with Crippen molar-refractivity contribution in [3.05, 3.63) is 82.9 Å². The van der Waals surface area contributed by atoms with E-state index in [4.69, 9.17) is 16.3 Å². The van der Waals surface area contributed by atoms with E-state index < -0.39 is 0 Å². The van der Waals surface area contributed by atoms with Crippen LogP contribution < -0.4 is 10.1 Å². The van der Waals surface area contributed by atoms with Crippen molar-refractivity contribution in [2.24, 2.45) is 11.8 Å². The van der Waals surface area contributed by atoms with Crippen molar-refractivity contribution in [2.75, 3.05) is 6.54 Å². The number of ether oxygens (including phenoxy) is 1. The first kappa shape index (κ1) is 18.5. The Bertz CT molecular complexity index is 1080. The lowest BCUT2D eigenvalue weighted by Crippen LogP contribution is -2.35. The van der Waals surface area contributed by atoms with E-state index in [0.29, 0.717) is 22.9 Å². The van der Waals surface area contributed by atoms with Crippen LogP contribution in [-0.4, -0.2) is 22.6 Å². The highest BCUT2D eigenvalue weighted by atomic mass is 35.5. The lowest BCUT2D eigenvalue weighted by atomic mass is 9.89. The van der Waals surface area contributed by atoms with Crippen LogP contribution in [0.2, 0.25) is 0 Å². The van der Waals surface area contributed by atoms with Gasteiger partial charge in [0.15, 0.2) is 0 Å². The van der Waals surface area contributed by atoms with Crippen LogP contribution in [0, 0.1) is 11.8 Å². The summed E-state index contributed by atoms with van der Waals surface area (Å²) >= 11 is 6.58. The Morgan fingerprint density at radius 3 is 2.72 bits per heavy atom. The largest absolute Gasteiger partial charge is 0.456 e. The lowest BCUT2D eigenvalue weighted by Gasteiger charge is -2.26. The Morgan fingerprint density at radius 2 is 1.93 bits per heavy atom. The van der Waals surface area contributed by atoms with Gasteiger partial charge in [-0.15, -0.1) is 0 Å². The first-order valence-corrected chi connectivity index (χ1v) is 10.5. The van der Waals surface area contributed by atoms with E-state index in [1.165, 1.54) is 11.1 Å². The van der Waals surface area contributed by atoms with Crippen LogP contribution in [0.25, 0.3) is 11.0 Å². The molecular formula is C24H24ClN3O. The van der Waals surface area contributed by atoms with E-state index in [-0.39, 0.29) is 0 Å². The smallest absolute Gasteiger partial charge is 0.142 e. The SMILES string of the molecule is C[C@@H]1C=C(Oc2ccc3nc[nH]c3c2)C(Cl)=CC1CNC1Cc2ccccc2C1. The van der Waals surface area contributed by atoms with Crippen LogP contribution in [0.4, 0.5) is 0 Å². The molecule has 5 rings (SSSR count). The van der Waals surface area contributed by atoms with Crippen molar-refractivity contribution in [3.8, 4) is 5.75 Å². The van der Waals surface area contributed by atoms with Crippen LogP contribution in [0.1, 0.15) is 18.1 Å². The molecule has 0 aliphatic heterocycles. The number of allylic oxidation sites excluding steroid dienone is 2. The number of nitrogens with zero attached hydrogens (tertiary/aromatic N) is 1. The Labute approximate surface area is 175 Å². The maximum absolute atomic E-state index is 6.58. The zero-order valence-electron chi connectivity index (χ0n) is 16.4. The first-order valence-electron chi connectivity index (χ1n) is 10.2. The summed E-state index contributed by atoms with van der Waals surface area (Å²) in [6.07, 6.45) is 8.16. The van der Waals surface area contributed by atoms with Crippen LogP contribution >= 0.6 is 11.6 Å². The third kappa shape index (κ3) is 3.83. The van der Waals surface area contributed by atoms with Crippen LogP contribution in [0.3, 0.4) is 0 Å². The molecule has 0 spiro atoms. The van der Waals surface area contributed by atoms with E-state index in [1.54, 1.807) is 6.33 Å². The number of aromatic nitrogens is 2. The summed E-state index contributed by atoms with van der Waals surface area (Å²) in [4.78, 5) is 7.35. The summed E-state index contributed by atoms with van der Waals surface area (Å²) in [6, 6.07) is 15.1. The number of hydrogen-bond acceptors (Lipinski definition) is 3. The molecule has 2 N–H and O–H groups in total. The van der Waals surface area contributed by atoms with E-state index in [0.717, 1.165) is 41.9 Å². The van der Waals surface area contributed by atoms with Gasteiger partial charge in [0, 0.05) is 18.7 Å². The Balaban J connectivity index is 1.22. The molecule has 4 nitrogen and oxygen atoms in total. The van der Waals surface area contributed by atoms with Gasteiger partial charge in [-0.25, -0.2) is 4.98 Å². The minimum atomic E-state index is 0.347. The van der Waals surface area contributed by atoms with Gasteiger partial charge < -0.3 is 15.0 Å². The van der Waals surface area contributed by atoms with Crippen molar-refractivity contribution in [3.63, 3.8) is 0 Å². The van der Waals surface area contributed by atoms with Crippen LogP contribution in [0.5, 0.6) is 5.75 Å². The molecule has 1 heterocycles. The maximum Gasteiger partial charge on any atom is 0.142 e. The zero-order valence-corrected chi connectivity index (χ0v) is 17.1. The predicted molar refractivity (Wildman–Crippen MR) is 117 cm³/mol.